The minimum Gasteiger partial charge on any atom is -0.368 e. The van der Waals surface area contributed by atoms with E-state index in [4.69, 9.17) is 0 Å². The smallest absolute Gasteiger partial charge is 0.255 e. The number of rotatable bonds is 2. The molecular weight excluding hydrogens is 298 g/mol. The van der Waals surface area contributed by atoms with E-state index < -0.39 is 0 Å². The van der Waals surface area contributed by atoms with E-state index in [2.05, 4.69) is 20.7 Å². The van der Waals surface area contributed by atoms with E-state index in [1.807, 2.05) is 29.8 Å². The molecule has 6 nitrogen and oxygen atoms in total. The van der Waals surface area contributed by atoms with Gasteiger partial charge in [0.1, 0.15) is 11.5 Å². The summed E-state index contributed by atoms with van der Waals surface area (Å²) in [6.45, 7) is 3.75. The third-order valence-corrected chi connectivity index (χ3v) is 4.64. The number of carbonyl (C=O) groups excluding carboxylic acids is 1. The number of aromatic nitrogens is 3. The fourth-order valence-corrected chi connectivity index (χ4v) is 3.45. The van der Waals surface area contributed by atoms with Crippen molar-refractivity contribution in [1.29, 1.82) is 0 Å². The molecule has 1 aromatic carbocycles. The van der Waals surface area contributed by atoms with E-state index in [0.29, 0.717) is 5.56 Å². The monoisotopic (exact) mass is 313 g/mol. The third kappa shape index (κ3) is 2.23. The van der Waals surface area contributed by atoms with Crippen LogP contribution in [0.5, 0.6) is 0 Å². The Labute approximate surface area is 131 Å². The van der Waals surface area contributed by atoms with Gasteiger partial charge in [-0.15, -0.1) is 11.3 Å². The van der Waals surface area contributed by atoms with Crippen LogP contribution in [0, 0.1) is 6.92 Å². The Kier molecular flexibility index (Phi) is 3.07. The van der Waals surface area contributed by atoms with Gasteiger partial charge in [-0.1, -0.05) is 0 Å². The van der Waals surface area contributed by atoms with Gasteiger partial charge >= 0.3 is 0 Å². The lowest BCUT2D eigenvalue weighted by Gasteiger charge is -2.17. The predicted molar refractivity (Wildman–Crippen MR) is 87.6 cm³/mol. The highest BCUT2D eigenvalue weighted by Gasteiger charge is 2.17. The van der Waals surface area contributed by atoms with Crippen LogP contribution in [0.25, 0.3) is 10.2 Å². The van der Waals surface area contributed by atoms with Crippen molar-refractivity contribution in [1.82, 2.24) is 14.8 Å². The molecule has 2 aromatic heterocycles. The predicted octanol–water partition coefficient (Wildman–Crippen LogP) is 2.87. The molecule has 0 saturated carbocycles. The molecule has 2 N–H and O–H groups in total. The van der Waals surface area contributed by atoms with E-state index in [-0.39, 0.29) is 5.91 Å². The molecule has 0 spiro atoms. The van der Waals surface area contributed by atoms with Crippen molar-refractivity contribution in [3.8, 4) is 0 Å². The lowest BCUT2D eigenvalue weighted by molar-refractivity contribution is 0.102. The van der Waals surface area contributed by atoms with Gasteiger partial charge in [0.15, 0.2) is 0 Å². The highest BCUT2D eigenvalue weighted by Crippen LogP contribution is 2.26. The quantitative estimate of drug-likeness (QED) is 0.763. The Balaban J connectivity index is 1.61. The van der Waals surface area contributed by atoms with E-state index in [0.717, 1.165) is 46.2 Å². The molecule has 0 aliphatic carbocycles. The summed E-state index contributed by atoms with van der Waals surface area (Å²) < 4.78 is 2.98. The average Bonchev–Trinajstić information content (AvgIpc) is 3.09. The molecule has 112 valence electrons. The molecule has 0 unspecified atom stereocenters. The van der Waals surface area contributed by atoms with Gasteiger partial charge in [-0.05, 0) is 31.5 Å². The van der Waals surface area contributed by atoms with Crippen LogP contribution < -0.4 is 10.6 Å². The van der Waals surface area contributed by atoms with Gasteiger partial charge in [0.05, 0.1) is 21.4 Å². The van der Waals surface area contributed by atoms with Crippen LogP contribution in [0.15, 0.2) is 24.4 Å². The number of amides is 1. The number of fused-ring (bicyclic) bond motifs is 2. The second-order valence-corrected chi connectivity index (χ2v) is 6.51. The van der Waals surface area contributed by atoms with Crippen LogP contribution in [-0.2, 0) is 6.54 Å². The fraction of sp³-hybridized carbons (Fsp3) is 0.267. The molecule has 0 saturated heterocycles. The molecule has 1 aliphatic rings. The normalized spacial score (nSPS) is 13.7. The Morgan fingerprint density at radius 3 is 3.27 bits per heavy atom. The largest absolute Gasteiger partial charge is 0.368 e. The number of nitrogens with zero attached hydrogens (tertiary/aromatic N) is 3. The highest BCUT2D eigenvalue weighted by molar-refractivity contribution is 7.18. The van der Waals surface area contributed by atoms with Gasteiger partial charge in [-0.3, -0.25) is 4.79 Å². The summed E-state index contributed by atoms with van der Waals surface area (Å²) in [4.78, 5) is 16.9. The van der Waals surface area contributed by atoms with E-state index in [1.54, 1.807) is 17.5 Å². The van der Waals surface area contributed by atoms with Crippen molar-refractivity contribution in [3.05, 3.63) is 35.0 Å². The Bertz CT molecular complexity index is 866. The molecule has 7 heteroatoms. The molecule has 0 bridgehead atoms. The maximum Gasteiger partial charge on any atom is 0.255 e. The summed E-state index contributed by atoms with van der Waals surface area (Å²) in [5.74, 6) is 0.737. The molecule has 4 rings (SSSR count). The minimum absolute atomic E-state index is 0.143. The van der Waals surface area contributed by atoms with Crippen LogP contribution in [0.2, 0.25) is 0 Å². The molecule has 0 fully saturated rings. The molecule has 0 atom stereocenters. The van der Waals surface area contributed by atoms with Crippen molar-refractivity contribution in [2.75, 3.05) is 17.2 Å². The third-order valence-electron chi connectivity index (χ3n) is 3.68. The number of hydrogen-bond acceptors (Lipinski definition) is 5. The van der Waals surface area contributed by atoms with Gasteiger partial charge in [-0.2, -0.15) is 5.10 Å². The van der Waals surface area contributed by atoms with Crippen molar-refractivity contribution < 1.29 is 4.79 Å². The molecule has 0 radical (unpaired) electrons. The zero-order chi connectivity index (χ0) is 15.1. The van der Waals surface area contributed by atoms with Crippen molar-refractivity contribution in [2.45, 2.75) is 19.9 Å². The molecule has 3 heterocycles. The second kappa shape index (κ2) is 5.10. The first-order valence-electron chi connectivity index (χ1n) is 7.19. The van der Waals surface area contributed by atoms with Gasteiger partial charge in [0.2, 0.25) is 0 Å². The number of carbonyl (C=O) groups is 1. The van der Waals surface area contributed by atoms with Gasteiger partial charge in [-0.25, -0.2) is 9.67 Å². The zero-order valence-corrected chi connectivity index (χ0v) is 12.9. The van der Waals surface area contributed by atoms with Gasteiger partial charge in [0.25, 0.3) is 5.91 Å². The molecule has 1 aliphatic heterocycles. The summed E-state index contributed by atoms with van der Waals surface area (Å²) in [6, 6.07) is 5.61. The van der Waals surface area contributed by atoms with E-state index >= 15 is 0 Å². The standard InChI is InChI=1S/C15H15N5OS/c1-9-18-11-7-10(3-4-13(11)22-9)15(21)19-12-8-17-20-6-2-5-16-14(12)20/h3-4,7-8,16H,2,5-6H2,1H3,(H,19,21). The summed E-state index contributed by atoms with van der Waals surface area (Å²) in [7, 11) is 0. The Hall–Kier alpha value is -2.41. The van der Waals surface area contributed by atoms with Crippen molar-refractivity contribution in [3.63, 3.8) is 0 Å². The summed E-state index contributed by atoms with van der Waals surface area (Å²) in [5, 5.41) is 11.5. The Morgan fingerprint density at radius 2 is 2.36 bits per heavy atom. The van der Waals surface area contributed by atoms with Gasteiger partial charge in [0, 0.05) is 18.7 Å². The van der Waals surface area contributed by atoms with Crippen LogP contribution in [-0.4, -0.2) is 27.2 Å². The van der Waals surface area contributed by atoms with Crippen LogP contribution in [0.4, 0.5) is 11.5 Å². The topological polar surface area (TPSA) is 71.8 Å². The Morgan fingerprint density at radius 1 is 1.45 bits per heavy atom. The number of aryl methyl sites for hydroxylation is 2. The lowest BCUT2D eigenvalue weighted by Crippen LogP contribution is -2.19. The minimum atomic E-state index is -0.143. The second-order valence-electron chi connectivity index (χ2n) is 5.28. The molecular formula is C15H15N5OS. The van der Waals surface area contributed by atoms with E-state index in [1.165, 1.54) is 0 Å². The SMILES string of the molecule is Cc1nc2cc(C(=O)Nc3cnn4c3NCCC4)ccc2s1. The number of nitrogens with one attached hydrogen (secondary N) is 2. The summed E-state index contributed by atoms with van der Waals surface area (Å²) in [6.07, 6.45) is 2.74. The highest BCUT2D eigenvalue weighted by atomic mass is 32.1. The first-order chi connectivity index (χ1) is 10.7. The lowest BCUT2D eigenvalue weighted by atomic mass is 10.2. The molecule has 3 aromatic rings. The first-order valence-corrected chi connectivity index (χ1v) is 8.00. The molecule has 22 heavy (non-hydrogen) atoms. The van der Waals surface area contributed by atoms with Crippen molar-refractivity contribution in [2.24, 2.45) is 0 Å². The fourth-order valence-electron chi connectivity index (χ4n) is 2.65. The average molecular weight is 313 g/mol. The number of anilines is 2. The summed E-state index contributed by atoms with van der Waals surface area (Å²) in [5.41, 5.74) is 2.19. The number of hydrogen-bond donors (Lipinski definition) is 2. The van der Waals surface area contributed by atoms with Crippen LogP contribution in [0.3, 0.4) is 0 Å². The zero-order valence-electron chi connectivity index (χ0n) is 12.1. The number of thiazole rings is 1. The van der Waals surface area contributed by atoms with Crippen LogP contribution in [0.1, 0.15) is 21.8 Å². The maximum absolute atomic E-state index is 12.4. The molecule has 1 amide bonds. The number of benzene rings is 1. The summed E-state index contributed by atoms with van der Waals surface area (Å²) >= 11 is 1.63. The first kappa shape index (κ1) is 13.3. The van der Waals surface area contributed by atoms with Gasteiger partial charge < -0.3 is 10.6 Å². The maximum atomic E-state index is 12.4. The van der Waals surface area contributed by atoms with E-state index in [9.17, 15) is 4.79 Å². The van der Waals surface area contributed by atoms with Crippen LogP contribution >= 0.6 is 11.3 Å². The van der Waals surface area contributed by atoms with Crippen molar-refractivity contribution >= 4 is 39.0 Å².